The van der Waals surface area contributed by atoms with Crippen LogP contribution in [0.5, 0.6) is 0 Å². The van der Waals surface area contributed by atoms with Crippen LogP contribution in [0.15, 0.2) is 12.4 Å². The molecule has 3 aromatic rings. The van der Waals surface area contributed by atoms with Crippen LogP contribution in [0.1, 0.15) is 40.2 Å². The number of anilines is 1. The molecule has 0 fully saturated rings. The summed E-state index contributed by atoms with van der Waals surface area (Å²) in [6.07, 6.45) is 4.97. The maximum atomic E-state index is 4.69. The Bertz CT molecular complexity index is 836. The van der Waals surface area contributed by atoms with Crippen molar-refractivity contribution >= 4 is 22.9 Å². The third kappa shape index (κ3) is 2.08. The zero-order valence-corrected chi connectivity index (χ0v) is 13.8. The van der Waals surface area contributed by atoms with Crippen LogP contribution in [-0.2, 0) is 6.42 Å². The van der Waals surface area contributed by atoms with Gasteiger partial charge in [-0.1, -0.05) is 0 Å². The molecule has 6 nitrogen and oxygen atoms in total. The highest BCUT2D eigenvalue weighted by atomic mass is 32.1. The Morgan fingerprint density at radius 3 is 3.05 bits per heavy atom. The van der Waals surface area contributed by atoms with Gasteiger partial charge in [-0.3, -0.25) is 0 Å². The first-order chi connectivity index (χ1) is 10.6. The second-order valence-corrected chi connectivity index (χ2v) is 7.03. The molecule has 4 rings (SSSR count). The molecule has 0 aromatic carbocycles. The topological polar surface area (TPSA) is 59.2 Å². The Hall–Kier alpha value is -2.02. The smallest absolute Gasteiger partial charge is 0.254 e. The minimum Gasteiger partial charge on any atom is -0.352 e. The highest BCUT2D eigenvalue weighted by Crippen LogP contribution is 2.39. The zero-order chi connectivity index (χ0) is 15.3. The van der Waals surface area contributed by atoms with Crippen molar-refractivity contribution < 1.29 is 0 Å². The minimum atomic E-state index is 0.351. The number of rotatable bonds is 2. The molecule has 0 saturated carbocycles. The summed E-state index contributed by atoms with van der Waals surface area (Å²) in [6.45, 7) is 4.08. The Kier molecular flexibility index (Phi) is 3.11. The number of hydrogen-bond acceptors (Lipinski definition) is 6. The summed E-state index contributed by atoms with van der Waals surface area (Å²) < 4.78 is 1.81. The summed E-state index contributed by atoms with van der Waals surface area (Å²) in [4.78, 5) is 17.0. The lowest BCUT2D eigenvalue weighted by Gasteiger charge is -2.32. The van der Waals surface area contributed by atoms with Crippen LogP contribution in [-0.4, -0.2) is 31.6 Å². The number of thiazole rings is 1. The molecule has 0 amide bonds. The Morgan fingerprint density at radius 1 is 1.32 bits per heavy atom. The first-order valence-electron chi connectivity index (χ1n) is 7.50. The van der Waals surface area contributed by atoms with Crippen LogP contribution in [0.4, 0.5) is 5.82 Å². The van der Waals surface area contributed by atoms with Gasteiger partial charge in [-0.15, -0.1) is 11.3 Å². The molecule has 1 aliphatic carbocycles. The molecule has 0 radical (unpaired) electrons. The molecule has 0 saturated heterocycles. The lowest BCUT2D eigenvalue weighted by Crippen LogP contribution is -2.28. The van der Waals surface area contributed by atoms with Crippen molar-refractivity contribution in [1.29, 1.82) is 0 Å². The van der Waals surface area contributed by atoms with E-state index in [1.807, 2.05) is 22.8 Å². The maximum absolute atomic E-state index is 4.69. The van der Waals surface area contributed by atoms with E-state index in [1.54, 1.807) is 6.33 Å². The number of aromatic nitrogens is 5. The van der Waals surface area contributed by atoms with Crippen LogP contribution in [0.3, 0.4) is 0 Å². The van der Waals surface area contributed by atoms with E-state index < -0.39 is 0 Å². The van der Waals surface area contributed by atoms with Gasteiger partial charge in [0.1, 0.15) is 12.1 Å². The minimum absolute atomic E-state index is 0.351. The highest BCUT2D eigenvalue weighted by Gasteiger charge is 2.28. The molecular formula is C15H18N6S. The van der Waals surface area contributed by atoms with Crippen molar-refractivity contribution in [3.63, 3.8) is 0 Å². The van der Waals surface area contributed by atoms with Crippen molar-refractivity contribution in [2.45, 2.75) is 39.2 Å². The van der Waals surface area contributed by atoms with E-state index in [0.29, 0.717) is 11.8 Å². The molecule has 0 bridgehead atoms. The molecule has 3 heterocycles. The van der Waals surface area contributed by atoms with E-state index in [9.17, 15) is 0 Å². The van der Waals surface area contributed by atoms with Gasteiger partial charge >= 0.3 is 0 Å². The van der Waals surface area contributed by atoms with Gasteiger partial charge in [0.2, 0.25) is 0 Å². The first-order valence-corrected chi connectivity index (χ1v) is 8.31. The third-order valence-corrected chi connectivity index (χ3v) is 5.33. The fourth-order valence-electron chi connectivity index (χ4n) is 3.21. The van der Waals surface area contributed by atoms with Gasteiger partial charge in [0.15, 0.2) is 0 Å². The van der Waals surface area contributed by atoms with Crippen LogP contribution >= 0.6 is 11.3 Å². The number of nitrogens with zero attached hydrogens (tertiary/aromatic N) is 6. The zero-order valence-electron chi connectivity index (χ0n) is 12.9. The second-order valence-electron chi connectivity index (χ2n) is 5.79. The fraction of sp³-hybridized carbons (Fsp3) is 0.467. The third-order valence-electron chi connectivity index (χ3n) is 4.22. The van der Waals surface area contributed by atoms with Gasteiger partial charge in [-0.05, 0) is 33.1 Å². The van der Waals surface area contributed by atoms with E-state index >= 15 is 0 Å². The normalized spacial score (nSPS) is 17.7. The molecular weight excluding hydrogens is 296 g/mol. The Balaban J connectivity index is 1.81. The Morgan fingerprint density at radius 2 is 2.18 bits per heavy atom. The summed E-state index contributed by atoms with van der Waals surface area (Å²) in [5.41, 5.74) is 2.23. The van der Waals surface area contributed by atoms with Gasteiger partial charge in [0, 0.05) is 18.8 Å². The van der Waals surface area contributed by atoms with E-state index in [2.05, 4.69) is 40.0 Å². The summed E-state index contributed by atoms with van der Waals surface area (Å²) in [5.74, 6) is 1.68. The number of aryl methyl sites for hydroxylation is 3. The predicted octanol–water partition coefficient (Wildman–Crippen LogP) is 2.71. The summed E-state index contributed by atoms with van der Waals surface area (Å²) in [7, 11) is 2.13. The molecule has 7 heteroatoms. The van der Waals surface area contributed by atoms with E-state index in [-0.39, 0.29) is 0 Å². The van der Waals surface area contributed by atoms with Crippen LogP contribution in [0.2, 0.25) is 0 Å². The molecule has 0 unspecified atom stereocenters. The monoisotopic (exact) mass is 314 g/mol. The SMILES string of the molecule is Cc1cc(N(C)[C@H]2CCCc3nc(C)sc32)n2ncnc2n1. The quantitative estimate of drug-likeness (QED) is 0.728. The summed E-state index contributed by atoms with van der Waals surface area (Å²) in [6, 6.07) is 2.42. The molecule has 22 heavy (non-hydrogen) atoms. The standard InChI is InChI=1S/C15H18N6S/c1-9-7-13(21-15(18-9)16-8-17-21)20(3)12-6-4-5-11-14(12)22-10(2)19-11/h7-8,12H,4-6H2,1-3H3/t12-/m0/s1. The van der Waals surface area contributed by atoms with Crippen molar-refractivity contribution in [1.82, 2.24) is 24.6 Å². The van der Waals surface area contributed by atoms with Crippen molar-refractivity contribution in [2.75, 3.05) is 11.9 Å². The molecule has 0 spiro atoms. The summed E-state index contributed by atoms with van der Waals surface area (Å²) in [5, 5.41) is 5.48. The molecule has 0 N–H and O–H groups in total. The molecule has 114 valence electrons. The largest absolute Gasteiger partial charge is 0.352 e. The highest BCUT2D eigenvalue weighted by molar-refractivity contribution is 7.11. The average molecular weight is 314 g/mol. The van der Waals surface area contributed by atoms with E-state index in [4.69, 9.17) is 4.98 Å². The Labute approximate surface area is 132 Å². The maximum Gasteiger partial charge on any atom is 0.254 e. The lowest BCUT2D eigenvalue weighted by atomic mass is 9.97. The predicted molar refractivity (Wildman–Crippen MR) is 86.5 cm³/mol. The lowest BCUT2D eigenvalue weighted by molar-refractivity contribution is 0.541. The van der Waals surface area contributed by atoms with Gasteiger partial charge in [0.25, 0.3) is 5.78 Å². The molecule has 1 aliphatic rings. The summed E-state index contributed by atoms with van der Waals surface area (Å²) >= 11 is 1.82. The van der Waals surface area contributed by atoms with Crippen molar-refractivity contribution in [2.24, 2.45) is 0 Å². The van der Waals surface area contributed by atoms with Crippen LogP contribution in [0, 0.1) is 13.8 Å². The molecule has 3 aromatic heterocycles. The van der Waals surface area contributed by atoms with Crippen molar-refractivity contribution in [3.05, 3.63) is 33.7 Å². The van der Waals surface area contributed by atoms with Gasteiger partial charge < -0.3 is 4.90 Å². The number of fused-ring (bicyclic) bond motifs is 2. The first kappa shape index (κ1) is 13.6. The van der Waals surface area contributed by atoms with Crippen LogP contribution < -0.4 is 4.90 Å². The second kappa shape index (κ2) is 5.01. The van der Waals surface area contributed by atoms with Crippen LogP contribution in [0.25, 0.3) is 5.78 Å². The molecule has 1 atom stereocenters. The van der Waals surface area contributed by atoms with Gasteiger partial charge in [0.05, 0.1) is 21.6 Å². The van der Waals surface area contributed by atoms with Crippen molar-refractivity contribution in [3.8, 4) is 0 Å². The molecule has 0 aliphatic heterocycles. The van der Waals surface area contributed by atoms with E-state index in [0.717, 1.165) is 29.4 Å². The number of hydrogen-bond donors (Lipinski definition) is 0. The fourth-order valence-corrected chi connectivity index (χ4v) is 4.36. The van der Waals surface area contributed by atoms with Gasteiger partial charge in [-0.25, -0.2) is 9.97 Å². The van der Waals surface area contributed by atoms with E-state index in [1.165, 1.54) is 17.0 Å². The average Bonchev–Trinajstić information content (AvgIpc) is 3.09. The van der Waals surface area contributed by atoms with Gasteiger partial charge in [-0.2, -0.15) is 14.6 Å².